The van der Waals surface area contributed by atoms with Crippen molar-refractivity contribution < 1.29 is 22.7 Å². The minimum absolute atomic E-state index is 0.0194. The molecule has 8 nitrogen and oxygen atoms in total. The van der Waals surface area contributed by atoms with Crippen molar-refractivity contribution >= 4 is 17.4 Å². The van der Waals surface area contributed by atoms with Crippen LogP contribution in [0.1, 0.15) is 24.2 Å². The van der Waals surface area contributed by atoms with Gasteiger partial charge in [-0.3, -0.25) is 4.79 Å². The maximum atomic E-state index is 13.1. The first kappa shape index (κ1) is 21.8. The van der Waals surface area contributed by atoms with Crippen LogP contribution in [0.2, 0.25) is 0 Å². The number of anilines is 1. The fourth-order valence-corrected chi connectivity index (χ4v) is 3.79. The second kappa shape index (κ2) is 9.01. The molecule has 1 aromatic carbocycles. The lowest BCUT2D eigenvalue weighted by Crippen LogP contribution is -2.44. The van der Waals surface area contributed by atoms with Crippen LogP contribution >= 0.6 is 0 Å². The second-order valence-corrected chi connectivity index (χ2v) is 7.66. The third-order valence-corrected chi connectivity index (χ3v) is 5.49. The van der Waals surface area contributed by atoms with Crippen molar-refractivity contribution in [1.29, 1.82) is 0 Å². The van der Waals surface area contributed by atoms with Gasteiger partial charge in [0.15, 0.2) is 5.65 Å². The monoisotopic (exact) mass is 448 g/mol. The van der Waals surface area contributed by atoms with Gasteiger partial charge in [-0.2, -0.15) is 17.7 Å². The molecule has 0 bridgehead atoms. The molecule has 3 heterocycles. The summed E-state index contributed by atoms with van der Waals surface area (Å²) in [5, 5.41) is 13.8. The molecular formula is C21H23F3N6O2. The summed E-state index contributed by atoms with van der Waals surface area (Å²) >= 11 is 0. The number of aromatic nitrogens is 4. The Morgan fingerprint density at radius 1 is 1.19 bits per heavy atom. The van der Waals surface area contributed by atoms with Crippen molar-refractivity contribution in [1.82, 2.24) is 25.1 Å². The smallest absolute Gasteiger partial charge is 0.453 e. The van der Waals surface area contributed by atoms with Crippen molar-refractivity contribution in [2.24, 2.45) is 5.92 Å². The van der Waals surface area contributed by atoms with Crippen molar-refractivity contribution in [3.63, 3.8) is 0 Å². The summed E-state index contributed by atoms with van der Waals surface area (Å²) < 4.78 is 45.2. The number of hydrogen-bond donors (Lipinski definition) is 1. The number of halogens is 3. The van der Waals surface area contributed by atoms with E-state index in [0.717, 1.165) is 17.7 Å². The van der Waals surface area contributed by atoms with Gasteiger partial charge >= 0.3 is 6.18 Å². The third-order valence-electron chi connectivity index (χ3n) is 5.49. The molecule has 1 amide bonds. The summed E-state index contributed by atoms with van der Waals surface area (Å²) in [7, 11) is 1.61. The summed E-state index contributed by atoms with van der Waals surface area (Å²) in [6, 6.07) is 10.7. The molecule has 0 saturated carbocycles. The Balaban J connectivity index is 1.37. The van der Waals surface area contributed by atoms with Crippen LogP contribution < -0.4 is 15.0 Å². The minimum Gasteiger partial charge on any atom is -0.497 e. The van der Waals surface area contributed by atoms with Gasteiger partial charge in [-0.15, -0.1) is 15.3 Å². The molecule has 4 rings (SSSR count). The Kier molecular flexibility index (Phi) is 6.15. The van der Waals surface area contributed by atoms with Gasteiger partial charge in [-0.25, -0.2) is 0 Å². The van der Waals surface area contributed by atoms with Gasteiger partial charge in [0.1, 0.15) is 11.6 Å². The van der Waals surface area contributed by atoms with Crippen LogP contribution in [0, 0.1) is 5.92 Å². The van der Waals surface area contributed by atoms with E-state index >= 15 is 0 Å². The fraction of sp³-hybridized carbons (Fsp3) is 0.429. The molecule has 1 fully saturated rings. The van der Waals surface area contributed by atoms with E-state index in [9.17, 15) is 18.0 Å². The van der Waals surface area contributed by atoms with Crippen LogP contribution in [0.15, 0.2) is 36.4 Å². The van der Waals surface area contributed by atoms with Crippen molar-refractivity contribution in [2.75, 3.05) is 31.6 Å². The molecule has 0 unspecified atom stereocenters. The average Bonchev–Trinajstić information content (AvgIpc) is 3.23. The van der Waals surface area contributed by atoms with Gasteiger partial charge in [0, 0.05) is 19.6 Å². The van der Waals surface area contributed by atoms with Crippen LogP contribution in [-0.2, 0) is 17.4 Å². The van der Waals surface area contributed by atoms with Gasteiger partial charge < -0.3 is 15.0 Å². The Bertz CT molecular complexity index is 1080. The number of carbonyl (C=O) groups excluding carboxylic acids is 1. The predicted molar refractivity (Wildman–Crippen MR) is 110 cm³/mol. The lowest BCUT2D eigenvalue weighted by atomic mass is 9.97. The number of hydrogen-bond acceptors (Lipinski definition) is 6. The van der Waals surface area contributed by atoms with E-state index in [2.05, 4.69) is 20.6 Å². The van der Waals surface area contributed by atoms with E-state index in [0.29, 0.717) is 42.8 Å². The molecule has 0 aliphatic carbocycles. The summed E-state index contributed by atoms with van der Waals surface area (Å²) in [6.07, 6.45) is -2.50. The largest absolute Gasteiger partial charge is 0.497 e. The Labute approximate surface area is 182 Å². The highest BCUT2D eigenvalue weighted by Gasteiger charge is 2.38. The normalized spacial score (nSPS) is 16.9. The van der Waals surface area contributed by atoms with Crippen LogP contribution in [0.5, 0.6) is 5.75 Å². The first-order chi connectivity index (χ1) is 15.3. The first-order valence-electron chi connectivity index (χ1n) is 10.3. The molecule has 0 radical (unpaired) electrons. The number of benzene rings is 1. The zero-order valence-corrected chi connectivity index (χ0v) is 17.5. The molecule has 2 aromatic heterocycles. The molecule has 1 aliphatic heterocycles. The number of nitrogens with zero attached hydrogens (tertiary/aromatic N) is 5. The molecule has 1 N–H and O–H groups in total. The van der Waals surface area contributed by atoms with Crippen molar-refractivity contribution in [2.45, 2.75) is 25.4 Å². The lowest BCUT2D eigenvalue weighted by Gasteiger charge is -2.32. The summed E-state index contributed by atoms with van der Waals surface area (Å²) in [5.41, 5.74) is 1.11. The number of methoxy groups -OCH3 is 1. The second-order valence-electron chi connectivity index (χ2n) is 7.66. The molecule has 0 spiro atoms. The van der Waals surface area contributed by atoms with E-state index < -0.39 is 12.0 Å². The van der Waals surface area contributed by atoms with Crippen LogP contribution in [0.4, 0.5) is 19.0 Å². The van der Waals surface area contributed by atoms with Crippen LogP contribution in [0.25, 0.3) is 5.65 Å². The molecular weight excluding hydrogens is 425 g/mol. The summed E-state index contributed by atoms with van der Waals surface area (Å²) in [5.74, 6) is -0.358. The van der Waals surface area contributed by atoms with Gasteiger partial charge in [-0.1, -0.05) is 12.1 Å². The van der Waals surface area contributed by atoms with Gasteiger partial charge in [0.25, 0.3) is 5.82 Å². The number of piperidine rings is 1. The Hall–Kier alpha value is -3.37. The van der Waals surface area contributed by atoms with E-state index in [-0.39, 0.29) is 17.5 Å². The molecule has 170 valence electrons. The lowest BCUT2D eigenvalue weighted by molar-refractivity contribution is -0.146. The average molecular weight is 448 g/mol. The van der Waals surface area contributed by atoms with Gasteiger partial charge in [-0.05, 0) is 49.1 Å². The van der Waals surface area contributed by atoms with Crippen molar-refractivity contribution in [3.05, 3.63) is 47.8 Å². The Morgan fingerprint density at radius 2 is 1.97 bits per heavy atom. The molecule has 11 heteroatoms. The number of nitrogens with one attached hydrogen (secondary N) is 1. The van der Waals surface area contributed by atoms with Crippen LogP contribution in [-0.4, -0.2) is 52.5 Å². The standard InChI is InChI=1S/C21H23F3N6O2/c1-32-16-6-4-14(5-7-16)10-11-25-19(31)15-3-2-12-29(13-15)18-9-8-17-26-27-20(21(22,23)24)30(17)28-18/h4-9,15H,2-3,10-13H2,1H3,(H,25,31)/t15-/m1/s1. The quantitative estimate of drug-likeness (QED) is 0.624. The van der Waals surface area contributed by atoms with E-state index in [1.54, 1.807) is 13.2 Å². The molecule has 1 atom stereocenters. The highest BCUT2D eigenvalue weighted by molar-refractivity contribution is 5.79. The number of fused-ring (bicyclic) bond motifs is 1. The number of ether oxygens (including phenoxy) is 1. The topological polar surface area (TPSA) is 84.6 Å². The molecule has 1 aliphatic rings. The number of rotatable bonds is 6. The number of carbonyl (C=O) groups is 1. The maximum absolute atomic E-state index is 13.1. The SMILES string of the molecule is COc1ccc(CCNC(=O)[C@@H]2CCCN(c3ccc4nnc(C(F)(F)F)n4n3)C2)cc1. The zero-order valence-electron chi connectivity index (χ0n) is 17.5. The molecule has 32 heavy (non-hydrogen) atoms. The fourth-order valence-electron chi connectivity index (χ4n) is 3.79. The van der Waals surface area contributed by atoms with E-state index in [1.165, 1.54) is 6.07 Å². The van der Waals surface area contributed by atoms with E-state index in [4.69, 9.17) is 4.74 Å². The highest BCUT2D eigenvalue weighted by Crippen LogP contribution is 2.28. The first-order valence-corrected chi connectivity index (χ1v) is 10.3. The third kappa shape index (κ3) is 4.76. The van der Waals surface area contributed by atoms with Crippen LogP contribution in [0.3, 0.4) is 0 Å². The number of alkyl halides is 3. The molecule has 3 aromatic rings. The maximum Gasteiger partial charge on any atom is 0.453 e. The Morgan fingerprint density at radius 3 is 2.69 bits per heavy atom. The van der Waals surface area contributed by atoms with Gasteiger partial charge in [0.2, 0.25) is 5.91 Å². The predicted octanol–water partition coefficient (Wildman–Crippen LogP) is 2.73. The summed E-state index contributed by atoms with van der Waals surface area (Å²) in [4.78, 5) is 14.5. The van der Waals surface area contributed by atoms with E-state index in [1.807, 2.05) is 29.2 Å². The number of amides is 1. The molecule has 1 saturated heterocycles. The zero-order chi connectivity index (χ0) is 22.7. The van der Waals surface area contributed by atoms with Crippen molar-refractivity contribution in [3.8, 4) is 5.75 Å². The van der Waals surface area contributed by atoms with Gasteiger partial charge in [0.05, 0.1) is 13.0 Å². The minimum atomic E-state index is -4.65. The highest BCUT2D eigenvalue weighted by atomic mass is 19.4. The summed E-state index contributed by atoms with van der Waals surface area (Å²) in [6.45, 7) is 1.50.